The van der Waals surface area contributed by atoms with Crippen molar-refractivity contribution in [2.45, 2.75) is 51.8 Å². The quantitative estimate of drug-likeness (QED) is 0.582. The van der Waals surface area contributed by atoms with Crippen molar-refractivity contribution in [1.29, 1.82) is 0 Å². The van der Waals surface area contributed by atoms with Gasteiger partial charge in [0.15, 0.2) is 0 Å². The normalized spacial score (nSPS) is 20.1. The number of hydrogen-bond donors (Lipinski definition) is 1. The molecule has 2 aromatic heterocycles. The Morgan fingerprint density at radius 3 is 2.65 bits per heavy atom. The van der Waals surface area contributed by atoms with Gasteiger partial charge in [-0.15, -0.1) is 0 Å². The summed E-state index contributed by atoms with van der Waals surface area (Å²) < 4.78 is 5.52. The number of amides is 1. The zero-order valence-electron chi connectivity index (χ0n) is 18.0. The first-order chi connectivity index (χ1) is 14.6. The van der Waals surface area contributed by atoms with Gasteiger partial charge in [-0.05, 0) is 52.3 Å². The maximum Gasteiger partial charge on any atom is 0.410 e. The van der Waals surface area contributed by atoms with Gasteiger partial charge in [0.25, 0.3) is 0 Å². The van der Waals surface area contributed by atoms with E-state index in [1.807, 2.05) is 27.7 Å². The van der Waals surface area contributed by atoms with Crippen LogP contribution in [0.1, 0.15) is 32.9 Å². The summed E-state index contributed by atoms with van der Waals surface area (Å²) in [6.45, 7) is 8.56. The van der Waals surface area contributed by atoms with Gasteiger partial charge in [-0.25, -0.2) is 9.78 Å². The standard InChI is InChI=1S/C21H26N6O4/c1-13-9-14(7-8-22-13)23-19-17(27(29)30)5-6-18(24-19)25-11-16-10-15(25)12-26(16)20(28)31-21(2,3)4/h5-9,15-16H,10-12H2,1-4H3,(H,22,23,24)/t15-,16-/m1/s1. The highest BCUT2D eigenvalue weighted by atomic mass is 16.6. The lowest BCUT2D eigenvalue weighted by molar-refractivity contribution is -0.384. The minimum atomic E-state index is -0.537. The minimum Gasteiger partial charge on any atom is -0.444 e. The fourth-order valence-electron chi connectivity index (χ4n) is 4.09. The molecular weight excluding hydrogens is 400 g/mol. The highest BCUT2D eigenvalue weighted by Crippen LogP contribution is 2.37. The summed E-state index contributed by atoms with van der Waals surface area (Å²) in [6.07, 6.45) is 2.16. The first-order valence-electron chi connectivity index (χ1n) is 10.2. The highest BCUT2D eigenvalue weighted by Gasteiger charge is 2.47. The van der Waals surface area contributed by atoms with Crippen molar-refractivity contribution in [1.82, 2.24) is 14.9 Å². The molecule has 0 radical (unpaired) electrons. The molecular formula is C21H26N6O4. The Kier molecular flexibility index (Phi) is 5.16. The molecule has 4 heterocycles. The number of rotatable bonds is 4. The monoisotopic (exact) mass is 426 g/mol. The van der Waals surface area contributed by atoms with Gasteiger partial charge in [0, 0.05) is 36.7 Å². The van der Waals surface area contributed by atoms with E-state index in [-0.39, 0.29) is 29.7 Å². The van der Waals surface area contributed by atoms with Crippen molar-refractivity contribution >= 4 is 29.1 Å². The maximum absolute atomic E-state index is 12.5. The number of pyridine rings is 2. The van der Waals surface area contributed by atoms with Gasteiger partial charge in [0.05, 0.1) is 17.0 Å². The lowest BCUT2D eigenvalue weighted by Gasteiger charge is -2.35. The lowest BCUT2D eigenvalue weighted by atomic mass is 10.2. The average Bonchev–Trinajstić information content (AvgIpc) is 3.27. The number of aryl methyl sites for hydroxylation is 1. The largest absolute Gasteiger partial charge is 0.444 e. The molecule has 2 aliphatic rings. The third kappa shape index (κ3) is 4.37. The van der Waals surface area contributed by atoms with E-state index >= 15 is 0 Å². The SMILES string of the molecule is Cc1cc(Nc2nc(N3C[C@H]4C[C@@H]3CN4C(=O)OC(C)(C)C)ccc2[N+](=O)[O-])ccn1. The topological polar surface area (TPSA) is 114 Å². The van der Waals surface area contributed by atoms with Gasteiger partial charge in [0.1, 0.15) is 11.4 Å². The number of carbonyl (C=O) groups is 1. The summed E-state index contributed by atoms with van der Waals surface area (Å²) in [7, 11) is 0. The van der Waals surface area contributed by atoms with Gasteiger partial charge < -0.3 is 19.9 Å². The fourth-order valence-corrected chi connectivity index (χ4v) is 4.09. The van der Waals surface area contributed by atoms with E-state index in [4.69, 9.17) is 4.74 Å². The van der Waals surface area contributed by atoms with Crippen LogP contribution in [0, 0.1) is 17.0 Å². The molecule has 2 fully saturated rings. The predicted molar refractivity (Wildman–Crippen MR) is 116 cm³/mol. The number of likely N-dealkylation sites (tertiary alicyclic amines) is 1. The second-order valence-corrected chi connectivity index (χ2v) is 8.93. The molecule has 10 heteroatoms. The molecule has 0 aromatic carbocycles. The number of nitrogens with zero attached hydrogens (tertiary/aromatic N) is 5. The third-order valence-electron chi connectivity index (χ3n) is 5.38. The fraction of sp³-hybridized carbons (Fsp3) is 0.476. The average molecular weight is 426 g/mol. The van der Waals surface area contributed by atoms with Crippen molar-refractivity contribution in [3.8, 4) is 0 Å². The summed E-state index contributed by atoms with van der Waals surface area (Å²) in [5, 5.41) is 14.6. The Labute approximate surface area is 180 Å². The van der Waals surface area contributed by atoms with Crippen molar-refractivity contribution in [3.63, 3.8) is 0 Å². The van der Waals surface area contributed by atoms with Crippen molar-refractivity contribution < 1.29 is 14.5 Å². The van der Waals surface area contributed by atoms with Crippen molar-refractivity contribution in [2.24, 2.45) is 0 Å². The maximum atomic E-state index is 12.5. The number of carbonyl (C=O) groups excluding carboxylic acids is 1. The van der Waals surface area contributed by atoms with E-state index in [0.29, 0.717) is 24.6 Å². The molecule has 2 atom stereocenters. The van der Waals surface area contributed by atoms with E-state index < -0.39 is 10.5 Å². The Balaban J connectivity index is 1.54. The molecule has 31 heavy (non-hydrogen) atoms. The number of aromatic nitrogens is 2. The molecule has 0 aliphatic carbocycles. The van der Waals surface area contributed by atoms with Crippen LogP contribution in [0.2, 0.25) is 0 Å². The van der Waals surface area contributed by atoms with Gasteiger partial charge in [-0.2, -0.15) is 0 Å². The zero-order chi connectivity index (χ0) is 22.3. The smallest absolute Gasteiger partial charge is 0.410 e. The van der Waals surface area contributed by atoms with Crippen LogP contribution >= 0.6 is 0 Å². The van der Waals surface area contributed by atoms with Crippen LogP contribution in [0.25, 0.3) is 0 Å². The third-order valence-corrected chi connectivity index (χ3v) is 5.38. The summed E-state index contributed by atoms with van der Waals surface area (Å²) in [5.74, 6) is 0.829. The number of nitro groups is 1. The molecule has 2 aromatic rings. The van der Waals surface area contributed by atoms with Crippen LogP contribution < -0.4 is 10.2 Å². The molecule has 0 unspecified atom stereocenters. The molecule has 1 amide bonds. The van der Waals surface area contributed by atoms with E-state index in [0.717, 1.165) is 12.1 Å². The molecule has 0 spiro atoms. The summed E-state index contributed by atoms with van der Waals surface area (Å²) in [6, 6.07) is 6.81. The van der Waals surface area contributed by atoms with Crippen LogP contribution in [0.15, 0.2) is 30.5 Å². The van der Waals surface area contributed by atoms with Gasteiger partial charge >= 0.3 is 11.8 Å². The van der Waals surface area contributed by atoms with E-state index in [1.165, 1.54) is 6.07 Å². The Morgan fingerprint density at radius 2 is 2.03 bits per heavy atom. The Hall–Kier alpha value is -3.43. The van der Waals surface area contributed by atoms with E-state index in [9.17, 15) is 14.9 Å². The van der Waals surface area contributed by atoms with Crippen LogP contribution in [0.5, 0.6) is 0 Å². The number of hydrogen-bond acceptors (Lipinski definition) is 8. The summed E-state index contributed by atoms with van der Waals surface area (Å²) in [5.41, 5.74) is 0.838. The van der Waals surface area contributed by atoms with Crippen molar-refractivity contribution in [2.75, 3.05) is 23.3 Å². The number of piperazine rings is 1. The van der Waals surface area contributed by atoms with Gasteiger partial charge in [-0.1, -0.05) is 0 Å². The molecule has 4 rings (SSSR count). The highest BCUT2D eigenvalue weighted by molar-refractivity contribution is 5.71. The molecule has 10 nitrogen and oxygen atoms in total. The van der Waals surface area contributed by atoms with Crippen LogP contribution in [-0.4, -0.2) is 56.7 Å². The van der Waals surface area contributed by atoms with Crippen LogP contribution in [0.4, 0.5) is 27.8 Å². The van der Waals surface area contributed by atoms with E-state index in [1.54, 1.807) is 29.3 Å². The van der Waals surface area contributed by atoms with Crippen molar-refractivity contribution in [3.05, 3.63) is 46.3 Å². The predicted octanol–water partition coefficient (Wildman–Crippen LogP) is 3.63. The molecule has 164 valence electrons. The lowest BCUT2D eigenvalue weighted by Crippen LogP contribution is -2.50. The van der Waals surface area contributed by atoms with Crippen LogP contribution in [0.3, 0.4) is 0 Å². The molecule has 2 aliphatic heterocycles. The minimum absolute atomic E-state index is 0.0381. The number of anilines is 3. The first-order valence-corrected chi connectivity index (χ1v) is 10.2. The Bertz CT molecular complexity index is 1020. The summed E-state index contributed by atoms with van der Waals surface area (Å²) in [4.78, 5) is 36.1. The number of nitrogens with one attached hydrogen (secondary N) is 1. The second kappa shape index (κ2) is 7.68. The molecule has 0 saturated carbocycles. The molecule has 2 bridgehead atoms. The van der Waals surface area contributed by atoms with Crippen LogP contribution in [-0.2, 0) is 4.74 Å². The van der Waals surface area contributed by atoms with Gasteiger partial charge in [0.2, 0.25) is 5.82 Å². The number of ether oxygens (including phenoxy) is 1. The number of fused-ring (bicyclic) bond motifs is 2. The Morgan fingerprint density at radius 1 is 1.26 bits per heavy atom. The molecule has 1 N–H and O–H groups in total. The molecule has 2 saturated heterocycles. The summed E-state index contributed by atoms with van der Waals surface area (Å²) >= 11 is 0. The van der Waals surface area contributed by atoms with Gasteiger partial charge in [-0.3, -0.25) is 15.1 Å². The second-order valence-electron chi connectivity index (χ2n) is 8.93. The zero-order valence-corrected chi connectivity index (χ0v) is 18.0. The van der Waals surface area contributed by atoms with E-state index in [2.05, 4.69) is 20.2 Å². The first kappa shape index (κ1) is 20.8.